The molecule has 0 aliphatic carbocycles. The SMILES string of the molecule is CC(C)(C)NC(=O)N[C@H]1CCSC1=O. The summed E-state index contributed by atoms with van der Waals surface area (Å²) in [5.41, 5.74) is -0.265. The molecule has 4 nitrogen and oxygen atoms in total. The Balaban J connectivity index is 2.37. The van der Waals surface area contributed by atoms with Gasteiger partial charge in [-0.25, -0.2) is 4.79 Å². The number of thioether (sulfide) groups is 1. The summed E-state index contributed by atoms with van der Waals surface area (Å²) in [7, 11) is 0. The molecule has 2 N–H and O–H groups in total. The van der Waals surface area contributed by atoms with Crippen LogP contribution in [0.3, 0.4) is 0 Å². The van der Waals surface area contributed by atoms with Crippen molar-refractivity contribution in [2.24, 2.45) is 0 Å². The van der Waals surface area contributed by atoms with Crippen molar-refractivity contribution in [1.29, 1.82) is 0 Å². The monoisotopic (exact) mass is 216 g/mol. The third kappa shape index (κ3) is 3.57. The van der Waals surface area contributed by atoms with Crippen LogP contribution in [0.25, 0.3) is 0 Å². The molecule has 1 aliphatic rings. The standard InChI is InChI=1S/C9H16N2O2S/c1-9(2,3)11-8(13)10-6-4-5-14-7(6)12/h6H,4-5H2,1-3H3,(H2,10,11,13)/t6-/m0/s1. The highest BCUT2D eigenvalue weighted by atomic mass is 32.2. The lowest BCUT2D eigenvalue weighted by Crippen LogP contribution is -2.50. The molecular formula is C9H16N2O2S. The fourth-order valence-corrected chi connectivity index (χ4v) is 2.09. The van der Waals surface area contributed by atoms with Gasteiger partial charge in [0.15, 0.2) is 0 Å². The number of rotatable bonds is 1. The Bertz CT molecular complexity index is 248. The quantitative estimate of drug-likeness (QED) is 0.690. The van der Waals surface area contributed by atoms with E-state index >= 15 is 0 Å². The lowest BCUT2D eigenvalue weighted by molar-refractivity contribution is -0.112. The Hall–Kier alpha value is -0.710. The molecule has 0 bridgehead atoms. The maximum atomic E-state index is 11.4. The second-order valence-electron chi connectivity index (χ2n) is 4.36. The third-order valence-corrected chi connectivity index (χ3v) is 2.74. The number of hydrogen-bond acceptors (Lipinski definition) is 3. The Morgan fingerprint density at radius 2 is 2.14 bits per heavy atom. The molecule has 1 rings (SSSR count). The van der Waals surface area contributed by atoms with Gasteiger partial charge in [0.25, 0.3) is 0 Å². The van der Waals surface area contributed by atoms with Gasteiger partial charge in [-0.15, -0.1) is 0 Å². The first-order valence-corrected chi connectivity index (χ1v) is 5.62. The lowest BCUT2D eigenvalue weighted by atomic mass is 10.1. The average molecular weight is 216 g/mol. The largest absolute Gasteiger partial charge is 0.334 e. The second-order valence-corrected chi connectivity index (χ2v) is 5.46. The predicted octanol–water partition coefficient (Wildman–Crippen LogP) is 1.12. The van der Waals surface area contributed by atoms with Crippen molar-refractivity contribution in [3.8, 4) is 0 Å². The Morgan fingerprint density at radius 3 is 2.57 bits per heavy atom. The van der Waals surface area contributed by atoms with Crippen LogP contribution >= 0.6 is 11.8 Å². The number of carbonyl (C=O) groups excluding carboxylic acids is 2. The minimum Gasteiger partial charge on any atom is -0.334 e. The van der Waals surface area contributed by atoms with E-state index in [-0.39, 0.29) is 22.7 Å². The van der Waals surface area contributed by atoms with Gasteiger partial charge in [0.2, 0.25) is 5.12 Å². The summed E-state index contributed by atoms with van der Waals surface area (Å²) in [5, 5.41) is 5.48. The van der Waals surface area contributed by atoms with Gasteiger partial charge in [-0.3, -0.25) is 4.79 Å². The first kappa shape index (κ1) is 11.4. The van der Waals surface area contributed by atoms with Crippen LogP contribution in [0, 0.1) is 0 Å². The number of hydrogen-bond donors (Lipinski definition) is 2. The number of amides is 2. The molecule has 5 heteroatoms. The van der Waals surface area contributed by atoms with E-state index in [4.69, 9.17) is 0 Å². The number of carbonyl (C=O) groups is 2. The zero-order valence-corrected chi connectivity index (χ0v) is 9.53. The molecule has 2 amide bonds. The first-order valence-electron chi connectivity index (χ1n) is 4.64. The van der Waals surface area contributed by atoms with Crippen LogP contribution in [0.4, 0.5) is 4.79 Å². The van der Waals surface area contributed by atoms with E-state index in [1.165, 1.54) is 11.8 Å². The van der Waals surface area contributed by atoms with Crippen molar-refractivity contribution in [3.63, 3.8) is 0 Å². The van der Waals surface area contributed by atoms with Crippen LogP contribution in [-0.4, -0.2) is 28.5 Å². The Kier molecular flexibility index (Phi) is 3.42. The summed E-state index contributed by atoms with van der Waals surface area (Å²) in [6, 6.07) is -0.569. The van der Waals surface area contributed by atoms with Gasteiger partial charge in [0.1, 0.15) is 6.04 Å². The molecule has 0 spiro atoms. The van der Waals surface area contributed by atoms with Crippen LogP contribution in [0.15, 0.2) is 0 Å². The second kappa shape index (κ2) is 4.21. The molecule has 1 saturated heterocycles. The number of nitrogens with one attached hydrogen (secondary N) is 2. The van der Waals surface area contributed by atoms with Gasteiger partial charge in [-0.1, -0.05) is 11.8 Å². The van der Waals surface area contributed by atoms with Crippen LogP contribution < -0.4 is 10.6 Å². The topological polar surface area (TPSA) is 58.2 Å². The van der Waals surface area contributed by atoms with Crippen LogP contribution in [0.5, 0.6) is 0 Å². The van der Waals surface area contributed by atoms with Gasteiger partial charge in [-0.05, 0) is 27.2 Å². The molecule has 0 radical (unpaired) electrons. The van der Waals surface area contributed by atoms with Crippen LogP contribution in [0.1, 0.15) is 27.2 Å². The van der Waals surface area contributed by atoms with Crippen molar-refractivity contribution in [2.75, 3.05) is 5.75 Å². The smallest absolute Gasteiger partial charge is 0.315 e. The highest BCUT2D eigenvalue weighted by molar-refractivity contribution is 8.14. The van der Waals surface area contributed by atoms with E-state index in [1.807, 2.05) is 20.8 Å². The van der Waals surface area contributed by atoms with Crippen LogP contribution in [-0.2, 0) is 4.79 Å². The number of urea groups is 1. The highest BCUT2D eigenvalue weighted by Crippen LogP contribution is 2.19. The zero-order valence-electron chi connectivity index (χ0n) is 8.72. The van der Waals surface area contributed by atoms with Crippen molar-refractivity contribution < 1.29 is 9.59 Å². The van der Waals surface area contributed by atoms with E-state index < -0.39 is 0 Å². The van der Waals surface area contributed by atoms with E-state index in [1.54, 1.807) is 0 Å². The van der Waals surface area contributed by atoms with E-state index in [2.05, 4.69) is 10.6 Å². The molecule has 1 aliphatic heterocycles. The van der Waals surface area contributed by atoms with Gasteiger partial charge in [-0.2, -0.15) is 0 Å². The van der Waals surface area contributed by atoms with Crippen LogP contribution in [0.2, 0.25) is 0 Å². The summed E-state index contributed by atoms with van der Waals surface area (Å²) >= 11 is 1.28. The summed E-state index contributed by atoms with van der Waals surface area (Å²) in [5.74, 6) is 0.805. The summed E-state index contributed by atoms with van der Waals surface area (Å²) in [6.45, 7) is 5.70. The molecule has 0 saturated carbocycles. The highest BCUT2D eigenvalue weighted by Gasteiger charge is 2.27. The minimum absolute atomic E-state index is 0.0639. The van der Waals surface area contributed by atoms with Crippen molar-refractivity contribution in [2.45, 2.75) is 38.8 Å². The maximum Gasteiger partial charge on any atom is 0.315 e. The van der Waals surface area contributed by atoms with Gasteiger partial charge < -0.3 is 10.6 Å². The summed E-state index contributed by atoms with van der Waals surface area (Å²) in [4.78, 5) is 22.6. The first-order chi connectivity index (χ1) is 6.38. The molecule has 1 fully saturated rings. The molecule has 14 heavy (non-hydrogen) atoms. The van der Waals surface area contributed by atoms with E-state index in [0.29, 0.717) is 0 Å². The summed E-state index contributed by atoms with van der Waals surface area (Å²) in [6.07, 6.45) is 0.737. The molecule has 1 atom stereocenters. The van der Waals surface area contributed by atoms with E-state index in [0.717, 1.165) is 12.2 Å². The Morgan fingerprint density at radius 1 is 1.50 bits per heavy atom. The van der Waals surface area contributed by atoms with Gasteiger partial charge >= 0.3 is 6.03 Å². The predicted molar refractivity (Wildman–Crippen MR) is 57.3 cm³/mol. The van der Waals surface area contributed by atoms with Crippen molar-refractivity contribution >= 4 is 22.9 Å². The lowest BCUT2D eigenvalue weighted by Gasteiger charge is -2.22. The zero-order chi connectivity index (χ0) is 10.8. The molecule has 1 heterocycles. The Labute approximate surface area is 88.2 Å². The molecule has 80 valence electrons. The molecule has 0 aromatic heterocycles. The third-order valence-electron chi connectivity index (χ3n) is 1.73. The molecule has 0 aromatic rings. The van der Waals surface area contributed by atoms with Gasteiger partial charge in [0.05, 0.1) is 0 Å². The maximum absolute atomic E-state index is 11.4. The molecule has 0 aromatic carbocycles. The van der Waals surface area contributed by atoms with E-state index in [9.17, 15) is 9.59 Å². The van der Waals surface area contributed by atoms with Crippen molar-refractivity contribution in [1.82, 2.24) is 10.6 Å². The normalized spacial score (nSPS) is 22.2. The van der Waals surface area contributed by atoms with Gasteiger partial charge in [0, 0.05) is 11.3 Å². The fourth-order valence-electron chi connectivity index (χ4n) is 1.16. The minimum atomic E-state index is -0.303. The molecule has 0 unspecified atom stereocenters. The summed E-state index contributed by atoms with van der Waals surface area (Å²) < 4.78 is 0. The fraction of sp³-hybridized carbons (Fsp3) is 0.778. The van der Waals surface area contributed by atoms with Crippen molar-refractivity contribution in [3.05, 3.63) is 0 Å². The average Bonchev–Trinajstić information content (AvgIpc) is 2.32. The molecular weight excluding hydrogens is 200 g/mol.